The Morgan fingerprint density at radius 2 is 1.63 bits per heavy atom. The zero-order valence-corrected chi connectivity index (χ0v) is 15.8. The summed E-state index contributed by atoms with van der Waals surface area (Å²) < 4.78 is 5.12. The molecule has 1 N–H and O–H groups in total. The molecule has 2 aromatic carbocycles. The summed E-state index contributed by atoms with van der Waals surface area (Å²) in [6.07, 6.45) is 0. The van der Waals surface area contributed by atoms with Crippen LogP contribution in [0.4, 0.5) is 0 Å². The number of benzene rings is 2. The van der Waals surface area contributed by atoms with E-state index in [4.69, 9.17) is 4.74 Å². The van der Waals surface area contributed by atoms with Crippen molar-refractivity contribution >= 4 is 17.7 Å². The molecule has 1 heterocycles. The zero-order chi connectivity index (χ0) is 19.8. The third kappa shape index (κ3) is 3.84. The van der Waals surface area contributed by atoms with Crippen LogP contribution in [0.15, 0.2) is 42.5 Å². The van der Waals surface area contributed by atoms with E-state index in [0.717, 1.165) is 5.56 Å². The molecule has 0 spiro atoms. The molecular formula is C21H22N2O4. The normalized spacial score (nSPS) is 13.6. The van der Waals surface area contributed by atoms with Gasteiger partial charge in [-0.25, -0.2) is 0 Å². The topological polar surface area (TPSA) is 75.7 Å². The summed E-state index contributed by atoms with van der Waals surface area (Å²) in [7, 11) is 1.58. The fourth-order valence-electron chi connectivity index (χ4n) is 2.90. The lowest BCUT2D eigenvalue weighted by Gasteiger charge is -2.20. The van der Waals surface area contributed by atoms with Crippen LogP contribution in [-0.2, 0) is 6.54 Å². The summed E-state index contributed by atoms with van der Waals surface area (Å²) in [6, 6.07) is 11.8. The van der Waals surface area contributed by atoms with Crippen molar-refractivity contribution in [1.29, 1.82) is 0 Å². The Hall–Kier alpha value is -3.15. The van der Waals surface area contributed by atoms with Crippen molar-refractivity contribution < 1.29 is 19.1 Å². The molecule has 0 atom stereocenters. The summed E-state index contributed by atoms with van der Waals surface area (Å²) in [5.41, 5.74) is 1.36. The second-order valence-corrected chi connectivity index (χ2v) is 7.51. The van der Waals surface area contributed by atoms with Gasteiger partial charge < -0.3 is 10.1 Å². The van der Waals surface area contributed by atoms with E-state index in [0.29, 0.717) is 16.9 Å². The van der Waals surface area contributed by atoms with Gasteiger partial charge in [-0.05, 0) is 56.7 Å². The standard InChI is InChI=1S/C21H22N2O4/c1-21(2,3)22-18(24)14-7-10-16-17(11-14)20(26)23(19(16)25)12-13-5-8-15(27-4)9-6-13/h5-11H,12H2,1-4H3,(H,22,24). The number of methoxy groups -OCH3 is 1. The van der Waals surface area contributed by atoms with E-state index < -0.39 is 11.4 Å². The smallest absolute Gasteiger partial charge is 0.261 e. The van der Waals surface area contributed by atoms with Crippen molar-refractivity contribution in [2.24, 2.45) is 0 Å². The van der Waals surface area contributed by atoms with Crippen molar-refractivity contribution in [2.75, 3.05) is 7.11 Å². The molecule has 1 aliphatic rings. The summed E-state index contributed by atoms with van der Waals surface area (Å²) in [4.78, 5) is 38.9. The number of rotatable bonds is 4. The summed E-state index contributed by atoms with van der Waals surface area (Å²) >= 11 is 0. The minimum absolute atomic E-state index is 0.167. The highest BCUT2D eigenvalue weighted by atomic mass is 16.5. The molecular weight excluding hydrogens is 344 g/mol. The van der Waals surface area contributed by atoms with Gasteiger partial charge in [-0.3, -0.25) is 19.3 Å². The predicted molar refractivity (Wildman–Crippen MR) is 101 cm³/mol. The van der Waals surface area contributed by atoms with E-state index in [1.807, 2.05) is 32.9 Å². The maximum Gasteiger partial charge on any atom is 0.261 e. The molecule has 6 nitrogen and oxygen atoms in total. The summed E-state index contributed by atoms with van der Waals surface area (Å²) in [5.74, 6) is -0.320. The average molecular weight is 366 g/mol. The number of carbonyl (C=O) groups excluding carboxylic acids is 3. The first kappa shape index (κ1) is 18.6. The number of nitrogens with zero attached hydrogens (tertiary/aromatic N) is 1. The molecule has 140 valence electrons. The number of hydrogen-bond acceptors (Lipinski definition) is 4. The Morgan fingerprint density at radius 3 is 2.22 bits per heavy atom. The molecule has 0 saturated carbocycles. The Kier molecular flexibility index (Phi) is 4.74. The molecule has 0 saturated heterocycles. The fourth-order valence-corrected chi connectivity index (χ4v) is 2.90. The minimum atomic E-state index is -0.393. The van der Waals surface area contributed by atoms with Crippen molar-refractivity contribution in [3.63, 3.8) is 0 Å². The maximum atomic E-state index is 12.7. The highest BCUT2D eigenvalue weighted by molar-refractivity contribution is 6.22. The predicted octanol–water partition coefficient (Wildman–Crippen LogP) is 3.02. The van der Waals surface area contributed by atoms with Gasteiger partial charge in [-0.2, -0.15) is 0 Å². The third-order valence-corrected chi connectivity index (χ3v) is 4.22. The van der Waals surface area contributed by atoms with Gasteiger partial charge in [0.2, 0.25) is 0 Å². The van der Waals surface area contributed by atoms with Crippen LogP contribution in [0, 0.1) is 0 Å². The lowest BCUT2D eigenvalue weighted by molar-refractivity contribution is 0.0642. The molecule has 0 aromatic heterocycles. The van der Waals surface area contributed by atoms with Crippen molar-refractivity contribution in [3.8, 4) is 5.75 Å². The molecule has 6 heteroatoms. The molecule has 0 aliphatic carbocycles. The van der Waals surface area contributed by atoms with Gasteiger partial charge in [0.05, 0.1) is 24.8 Å². The van der Waals surface area contributed by atoms with E-state index in [9.17, 15) is 14.4 Å². The molecule has 2 aromatic rings. The number of ether oxygens (including phenoxy) is 1. The van der Waals surface area contributed by atoms with Crippen molar-refractivity contribution in [2.45, 2.75) is 32.9 Å². The second kappa shape index (κ2) is 6.87. The molecule has 0 bridgehead atoms. The Morgan fingerprint density at radius 1 is 1.00 bits per heavy atom. The molecule has 0 unspecified atom stereocenters. The molecule has 3 amide bonds. The monoisotopic (exact) mass is 366 g/mol. The van der Waals surface area contributed by atoms with E-state index >= 15 is 0 Å². The van der Waals surface area contributed by atoms with Crippen LogP contribution in [0.25, 0.3) is 0 Å². The number of amides is 3. The Bertz CT molecular complexity index is 911. The number of fused-ring (bicyclic) bond motifs is 1. The van der Waals surface area contributed by atoms with E-state index in [1.165, 1.54) is 11.0 Å². The van der Waals surface area contributed by atoms with Crippen LogP contribution in [0.3, 0.4) is 0 Å². The first-order chi connectivity index (χ1) is 12.7. The largest absolute Gasteiger partial charge is 0.497 e. The Labute approximate surface area is 158 Å². The van der Waals surface area contributed by atoms with Crippen LogP contribution >= 0.6 is 0 Å². The first-order valence-electron chi connectivity index (χ1n) is 8.65. The van der Waals surface area contributed by atoms with E-state index in [-0.39, 0.29) is 23.9 Å². The van der Waals surface area contributed by atoms with Crippen molar-refractivity contribution in [1.82, 2.24) is 10.2 Å². The van der Waals surface area contributed by atoms with E-state index in [1.54, 1.807) is 31.4 Å². The first-order valence-corrected chi connectivity index (χ1v) is 8.65. The molecule has 27 heavy (non-hydrogen) atoms. The maximum absolute atomic E-state index is 12.7. The molecule has 1 aliphatic heterocycles. The quantitative estimate of drug-likeness (QED) is 0.844. The average Bonchev–Trinajstić information content (AvgIpc) is 2.85. The lowest BCUT2D eigenvalue weighted by atomic mass is 10.0. The van der Waals surface area contributed by atoms with E-state index in [2.05, 4.69) is 5.32 Å². The summed E-state index contributed by atoms with van der Waals surface area (Å²) in [5, 5.41) is 2.85. The molecule has 0 radical (unpaired) electrons. The van der Waals surface area contributed by atoms with Crippen molar-refractivity contribution in [3.05, 3.63) is 64.7 Å². The van der Waals surface area contributed by atoms with Crippen LogP contribution in [0.1, 0.15) is 57.4 Å². The van der Waals surface area contributed by atoms with Crippen LogP contribution in [0.2, 0.25) is 0 Å². The molecule has 3 rings (SSSR count). The zero-order valence-electron chi connectivity index (χ0n) is 15.8. The van der Waals surface area contributed by atoms with Gasteiger partial charge in [-0.15, -0.1) is 0 Å². The highest BCUT2D eigenvalue weighted by Gasteiger charge is 2.36. The summed E-state index contributed by atoms with van der Waals surface area (Å²) in [6.45, 7) is 5.80. The second-order valence-electron chi connectivity index (χ2n) is 7.51. The van der Waals surface area contributed by atoms with Gasteiger partial charge in [0.1, 0.15) is 5.75 Å². The SMILES string of the molecule is COc1ccc(CN2C(=O)c3ccc(C(=O)NC(C)(C)C)cc3C2=O)cc1. The van der Waals surface area contributed by atoms with Crippen LogP contribution in [-0.4, -0.2) is 35.3 Å². The minimum Gasteiger partial charge on any atom is -0.497 e. The third-order valence-electron chi connectivity index (χ3n) is 4.22. The van der Waals surface area contributed by atoms with Gasteiger partial charge in [-0.1, -0.05) is 12.1 Å². The van der Waals surface area contributed by atoms with Gasteiger partial charge >= 0.3 is 0 Å². The van der Waals surface area contributed by atoms with Gasteiger partial charge in [0.25, 0.3) is 17.7 Å². The number of nitrogens with one attached hydrogen (secondary N) is 1. The van der Waals surface area contributed by atoms with Crippen LogP contribution < -0.4 is 10.1 Å². The lowest BCUT2D eigenvalue weighted by Crippen LogP contribution is -2.40. The number of carbonyl (C=O) groups is 3. The fraction of sp³-hybridized carbons (Fsp3) is 0.286. The van der Waals surface area contributed by atoms with Gasteiger partial charge in [0.15, 0.2) is 0 Å². The number of hydrogen-bond donors (Lipinski definition) is 1. The highest BCUT2D eigenvalue weighted by Crippen LogP contribution is 2.26. The molecule has 0 fully saturated rings. The Balaban J connectivity index is 1.83. The van der Waals surface area contributed by atoms with Crippen LogP contribution in [0.5, 0.6) is 5.75 Å². The number of imide groups is 1. The van der Waals surface area contributed by atoms with Gasteiger partial charge in [0, 0.05) is 11.1 Å².